The average Bonchev–Trinajstić information content (AvgIpc) is 2.97. The van der Waals surface area contributed by atoms with E-state index in [2.05, 4.69) is 0 Å². The number of amides is 2. The fraction of sp³-hybridized carbons (Fsp3) is 0.238. The topological polar surface area (TPSA) is 65.1 Å². The van der Waals surface area contributed by atoms with Crippen LogP contribution >= 0.6 is 35.0 Å². The lowest BCUT2D eigenvalue weighted by Gasteiger charge is -2.13. The van der Waals surface area contributed by atoms with Gasteiger partial charge in [-0.05, 0) is 66.7 Å². The normalized spacial score (nSPS) is 15.1. The van der Waals surface area contributed by atoms with Crippen molar-refractivity contribution in [1.82, 2.24) is 4.90 Å². The number of halogens is 2. The molecular weight excluding hydrogens is 449 g/mol. The predicted octanol–water partition coefficient (Wildman–Crippen LogP) is 5.52. The third-order valence-corrected chi connectivity index (χ3v) is 5.54. The van der Waals surface area contributed by atoms with Crippen molar-refractivity contribution < 1.29 is 23.8 Å². The van der Waals surface area contributed by atoms with Crippen molar-refractivity contribution in [2.75, 3.05) is 26.9 Å². The largest absolute Gasteiger partial charge is 0.492 e. The summed E-state index contributed by atoms with van der Waals surface area (Å²) in [6.45, 7) is 2.59. The minimum atomic E-state index is -0.380. The van der Waals surface area contributed by atoms with E-state index < -0.39 is 0 Å². The predicted molar refractivity (Wildman–Crippen MR) is 119 cm³/mol. The molecule has 0 bridgehead atoms. The van der Waals surface area contributed by atoms with Gasteiger partial charge in [0.15, 0.2) is 11.5 Å². The van der Waals surface area contributed by atoms with Gasteiger partial charge in [-0.3, -0.25) is 14.5 Å². The highest BCUT2D eigenvalue weighted by atomic mass is 35.5. The fourth-order valence-corrected chi connectivity index (χ4v) is 4.05. The number of rotatable bonds is 8. The molecule has 2 amide bonds. The van der Waals surface area contributed by atoms with Crippen molar-refractivity contribution in [3.8, 4) is 17.2 Å². The maximum absolute atomic E-state index is 12.7. The van der Waals surface area contributed by atoms with E-state index in [1.54, 1.807) is 42.5 Å². The summed E-state index contributed by atoms with van der Waals surface area (Å²) in [5, 5.41) is 0.602. The third-order valence-electron chi connectivity index (χ3n) is 4.10. The molecule has 0 N–H and O–H groups in total. The second kappa shape index (κ2) is 10.1. The number of benzene rings is 2. The molecule has 6 nitrogen and oxygen atoms in total. The van der Waals surface area contributed by atoms with Crippen LogP contribution in [0.4, 0.5) is 4.79 Å². The summed E-state index contributed by atoms with van der Waals surface area (Å²) in [5.41, 5.74) is 0.632. The van der Waals surface area contributed by atoms with Gasteiger partial charge in [0.2, 0.25) is 0 Å². The Morgan fingerprint density at radius 1 is 1.10 bits per heavy atom. The highest BCUT2D eigenvalue weighted by Crippen LogP contribution is 2.38. The van der Waals surface area contributed by atoms with E-state index >= 15 is 0 Å². The Labute approximate surface area is 188 Å². The number of imide groups is 1. The molecule has 0 aliphatic carbocycles. The summed E-state index contributed by atoms with van der Waals surface area (Å²) in [6, 6.07) is 10.2. The van der Waals surface area contributed by atoms with Crippen LogP contribution in [-0.4, -0.2) is 42.9 Å². The second-order valence-electron chi connectivity index (χ2n) is 6.10. The van der Waals surface area contributed by atoms with Crippen LogP contribution in [0.3, 0.4) is 0 Å². The van der Waals surface area contributed by atoms with E-state index in [0.717, 1.165) is 16.7 Å². The lowest BCUT2D eigenvalue weighted by molar-refractivity contribution is -0.123. The quantitative estimate of drug-likeness (QED) is 0.476. The highest BCUT2D eigenvalue weighted by Gasteiger charge is 2.34. The number of hydrogen-bond donors (Lipinski definition) is 0. The number of carbonyl (C=O) groups is 2. The summed E-state index contributed by atoms with van der Waals surface area (Å²) in [6.07, 6.45) is 1.61. The molecule has 0 spiro atoms. The smallest absolute Gasteiger partial charge is 0.293 e. The molecule has 2 aromatic rings. The summed E-state index contributed by atoms with van der Waals surface area (Å²) >= 11 is 13.0. The van der Waals surface area contributed by atoms with Crippen LogP contribution < -0.4 is 14.2 Å². The zero-order valence-corrected chi connectivity index (χ0v) is 18.6. The lowest BCUT2D eigenvalue weighted by Crippen LogP contribution is -2.32. The number of hydrogen-bond acceptors (Lipinski definition) is 6. The van der Waals surface area contributed by atoms with E-state index in [4.69, 9.17) is 37.4 Å². The monoisotopic (exact) mass is 467 g/mol. The van der Waals surface area contributed by atoms with Crippen molar-refractivity contribution in [1.29, 1.82) is 0 Å². The Balaban J connectivity index is 1.70. The van der Waals surface area contributed by atoms with Crippen molar-refractivity contribution in [3.63, 3.8) is 0 Å². The van der Waals surface area contributed by atoms with Crippen LogP contribution in [0.5, 0.6) is 17.2 Å². The Kier molecular flexibility index (Phi) is 7.53. The van der Waals surface area contributed by atoms with Gasteiger partial charge in [0.05, 0.1) is 30.2 Å². The molecule has 158 valence electrons. The van der Waals surface area contributed by atoms with E-state index in [1.807, 2.05) is 6.92 Å². The van der Waals surface area contributed by atoms with Crippen molar-refractivity contribution in [2.24, 2.45) is 0 Å². The van der Waals surface area contributed by atoms with Gasteiger partial charge in [0, 0.05) is 5.02 Å². The van der Waals surface area contributed by atoms with Gasteiger partial charge in [-0.15, -0.1) is 0 Å². The molecule has 9 heteroatoms. The van der Waals surface area contributed by atoms with Crippen molar-refractivity contribution in [2.45, 2.75) is 6.92 Å². The first kappa shape index (κ1) is 22.3. The number of nitrogens with zero attached hydrogens (tertiary/aromatic N) is 1. The number of methoxy groups -OCH3 is 1. The minimum Gasteiger partial charge on any atom is -0.492 e. The molecule has 0 unspecified atom stereocenters. The SMILES string of the molecule is CCOc1cc(/C=C2\SC(=O)N(CCOc3ccc(Cl)cc3)C2=O)cc(Cl)c1OC. The number of ether oxygens (including phenoxy) is 3. The zero-order valence-electron chi connectivity index (χ0n) is 16.3. The standard InChI is InChI=1S/C21H19Cl2NO5S/c1-3-28-17-11-13(10-16(23)19(17)27-2)12-18-20(25)24(21(26)30-18)8-9-29-15-6-4-14(22)5-7-15/h4-7,10-12H,3,8-9H2,1-2H3/b18-12-. The van der Waals surface area contributed by atoms with Crippen molar-refractivity contribution >= 4 is 52.2 Å². The molecule has 2 aromatic carbocycles. The summed E-state index contributed by atoms with van der Waals surface area (Å²) in [7, 11) is 1.50. The number of carbonyl (C=O) groups excluding carboxylic acids is 2. The minimum absolute atomic E-state index is 0.137. The van der Waals surface area contributed by atoms with Gasteiger partial charge in [0.25, 0.3) is 11.1 Å². The molecule has 0 aromatic heterocycles. The first-order valence-electron chi connectivity index (χ1n) is 9.07. The summed E-state index contributed by atoms with van der Waals surface area (Å²) < 4.78 is 16.4. The average molecular weight is 468 g/mol. The van der Waals surface area contributed by atoms with Gasteiger partial charge < -0.3 is 14.2 Å². The van der Waals surface area contributed by atoms with Gasteiger partial charge >= 0.3 is 0 Å². The molecule has 1 aliphatic heterocycles. The van der Waals surface area contributed by atoms with Crippen LogP contribution in [0.15, 0.2) is 41.3 Å². The summed E-state index contributed by atoms with van der Waals surface area (Å²) in [4.78, 5) is 26.4. The maximum atomic E-state index is 12.7. The maximum Gasteiger partial charge on any atom is 0.293 e. The van der Waals surface area contributed by atoms with Gasteiger partial charge in [-0.25, -0.2) is 0 Å². The molecule has 1 aliphatic rings. The highest BCUT2D eigenvalue weighted by molar-refractivity contribution is 8.18. The van der Waals surface area contributed by atoms with Crippen LogP contribution in [0.2, 0.25) is 10.0 Å². The summed E-state index contributed by atoms with van der Waals surface area (Å²) in [5.74, 6) is 1.12. The Morgan fingerprint density at radius 2 is 1.83 bits per heavy atom. The number of thioether (sulfide) groups is 1. The van der Waals surface area contributed by atoms with Crippen LogP contribution in [0.1, 0.15) is 12.5 Å². The van der Waals surface area contributed by atoms with E-state index in [9.17, 15) is 9.59 Å². The molecular formula is C21H19Cl2NO5S. The Bertz CT molecular complexity index is 978. The fourth-order valence-electron chi connectivity index (χ4n) is 2.76. The zero-order chi connectivity index (χ0) is 21.7. The molecule has 0 atom stereocenters. The first-order chi connectivity index (χ1) is 14.4. The van der Waals surface area contributed by atoms with Crippen LogP contribution in [-0.2, 0) is 4.79 Å². The Hall–Kier alpha value is -2.35. The first-order valence-corrected chi connectivity index (χ1v) is 10.6. The van der Waals surface area contributed by atoms with E-state index in [1.165, 1.54) is 7.11 Å². The molecule has 1 heterocycles. The van der Waals surface area contributed by atoms with Gasteiger partial charge in [0.1, 0.15) is 12.4 Å². The van der Waals surface area contributed by atoms with E-state index in [-0.39, 0.29) is 24.3 Å². The molecule has 30 heavy (non-hydrogen) atoms. The third kappa shape index (κ3) is 5.22. The van der Waals surface area contributed by atoms with Crippen LogP contribution in [0, 0.1) is 0 Å². The van der Waals surface area contributed by atoms with Crippen LogP contribution in [0.25, 0.3) is 6.08 Å². The van der Waals surface area contributed by atoms with E-state index in [0.29, 0.717) is 44.4 Å². The Morgan fingerprint density at radius 3 is 2.50 bits per heavy atom. The van der Waals surface area contributed by atoms with Gasteiger partial charge in [-0.2, -0.15) is 0 Å². The van der Waals surface area contributed by atoms with Gasteiger partial charge in [-0.1, -0.05) is 23.2 Å². The molecule has 0 saturated carbocycles. The molecule has 3 rings (SSSR count). The molecule has 0 radical (unpaired) electrons. The van der Waals surface area contributed by atoms with Crippen molar-refractivity contribution in [3.05, 3.63) is 56.9 Å². The molecule has 1 fully saturated rings. The second-order valence-corrected chi connectivity index (χ2v) is 7.94. The lowest BCUT2D eigenvalue weighted by atomic mass is 10.1. The molecule has 1 saturated heterocycles.